The maximum Gasteiger partial charge on any atom is 0.267 e. The second-order valence-corrected chi connectivity index (χ2v) is 13.6. The fraction of sp³-hybridized carbons (Fsp3) is 0.485. The molecule has 2 heterocycles. The maximum absolute atomic E-state index is 14.3. The smallest absolute Gasteiger partial charge is 0.267 e. The number of amides is 1. The van der Waals surface area contributed by atoms with E-state index in [0.717, 1.165) is 35.9 Å². The molecule has 0 unspecified atom stereocenters. The van der Waals surface area contributed by atoms with Crippen molar-refractivity contribution in [1.29, 1.82) is 0 Å². The van der Waals surface area contributed by atoms with Gasteiger partial charge in [0.1, 0.15) is 5.69 Å². The number of carbonyl (C=O) groups excluding carboxylic acids is 1. The standard InChI is InChI=1S/C33H42FN3O4S/c1-2-41-31-16-15-27(20-28(31)34)42(39,40)26-13-11-24(12-14-26)22-35-32(38)29-19-25-23-36-33(21-30(25)37-29)17-9-7-5-3-4-6-8-10-18-33/h11-16,19-20,36-37H,2-10,17-18,21-23H2,1H3,(H,35,38). The van der Waals surface area contributed by atoms with Crippen LogP contribution in [0.5, 0.6) is 5.75 Å². The Kier molecular flexibility index (Phi) is 9.68. The van der Waals surface area contributed by atoms with Crippen LogP contribution in [0.4, 0.5) is 4.39 Å². The molecule has 226 valence electrons. The van der Waals surface area contributed by atoms with Gasteiger partial charge in [-0.25, -0.2) is 12.8 Å². The summed E-state index contributed by atoms with van der Waals surface area (Å²) in [7, 11) is -3.90. The van der Waals surface area contributed by atoms with E-state index < -0.39 is 15.7 Å². The van der Waals surface area contributed by atoms with E-state index in [4.69, 9.17) is 4.74 Å². The SMILES string of the molecule is CCOc1ccc(S(=O)(=O)c2ccc(CNC(=O)c3cc4c([nH]3)CC3(CCCCCCCCCC3)NC4)cc2)cc1F. The average molecular weight is 596 g/mol. The van der Waals surface area contributed by atoms with Gasteiger partial charge in [0.15, 0.2) is 11.6 Å². The number of aromatic amines is 1. The fourth-order valence-corrected chi connectivity index (χ4v) is 7.52. The van der Waals surface area contributed by atoms with Gasteiger partial charge in [0.05, 0.1) is 16.4 Å². The molecule has 1 aliphatic carbocycles. The second-order valence-electron chi connectivity index (χ2n) is 11.7. The molecule has 3 N–H and O–H groups in total. The summed E-state index contributed by atoms with van der Waals surface area (Å²) in [6, 6.07) is 11.9. The van der Waals surface area contributed by atoms with E-state index in [2.05, 4.69) is 15.6 Å². The summed E-state index contributed by atoms with van der Waals surface area (Å²) in [6.45, 7) is 3.04. The predicted molar refractivity (Wildman–Crippen MR) is 161 cm³/mol. The van der Waals surface area contributed by atoms with Crippen molar-refractivity contribution in [2.45, 2.75) is 106 Å². The molecular formula is C33H42FN3O4S. The zero-order chi connectivity index (χ0) is 29.6. The van der Waals surface area contributed by atoms with E-state index in [1.54, 1.807) is 19.1 Å². The Morgan fingerprint density at radius 1 is 0.929 bits per heavy atom. The van der Waals surface area contributed by atoms with Crippen molar-refractivity contribution in [3.63, 3.8) is 0 Å². The van der Waals surface area contributed by atoms with Crippen LogP contribution in [-0.2, 0) is 29.3 Å². The molecule has 2 aliphatic rings. The molecule has 5 rings (SSSR count). The number of benzene rings is 2. The van der Waals surface area contributed by atoms with E-state index in [0.29, 0.717) is 5.69 Å². The van der Waals surface area contributed by atoms with E-state index in [9.17, 15) is 17.6 Å². The lowest BCUT2D eigenvalue weighted by atomic mass is 9.80. The van der Waals surface area contributed by atoms with Crippen LogP contribution in [0, 0.1) is 5.82 Å². The number of halogens is 1. The number of nitrogens with one attached hydrogen (secondary N) is 3. The Morgan fingerprint density at radius 2 is 1.57 bits per heavy atom. The van der Waals surface area contributed by atoms with Gasteiger partial charge in [-0.05, 0) is 67.3 Å². The van der Waals surface area contributed by atoms with E-state index in [1.165, 1.54) is 88.5 Å². The molecule has 3 aromatic rings. The molecule has 0 saturated heterocycles. The minimum Gasteiger partial charge on any atom is -0.491 e. The predicted octanol–water partition coefficient (Wildman–Crippen LogP) is 6.61. The van der Waals surface area contributed by atoms with Crippen LogP contribution in [0.3, 0.4) is 0 Å². The van der Waals surface area contributed by atoms with Crippen molar-refractivity contribution >= 4 is 15.7 Å². The quantitative estimate of drug-likeness (QED) is 0.285. The summed E-state index contributed by atoms with van der Waals surface area (Å²) < 4.78 is 45.5. The van der Waals surface area contributed by atoms with Crippen LogP contribution in [0.15, 0.2) is 58.3 Å². The van der Waals surface area contributed by atoms with Crippen LogP contribution in [0.2, 0.25) is 0 Å². The van der Waals surface area contributed by atoms with Crippen LogP contribution >= 0.6 is 0 Å². The number of sulfone groups is 1. The summed E-state index contributed by atoms with van der Waals surface area (Å²) in [6.07, 6.45) is 13.7. The molecule has 1 aliphatic heterocycles. The lowest BCUT2D eigenvalue weighted by molar-refractivity contribution is 0.0946. The Hall–Kier alpha value is -3.17. The second kappa shape index (κ2) is 13.4. The first-order chi connectivity index (χ1) is 20.3. The molecule has 2 aromatic carbocycles. The number of hydrogen-bond donors (Lipinski definition) is 3. The Balaban J connectivity index is 1.20. The van der Waals surface area contributed by atoms with Gasteiger partial charge < -0.3 is 20.4 Å². The molecule has 7 nitrogen and oxygen atoms in total. The molecule has 0 bridgehead atoms. The minimum absolute atomic E-state index is 0.0159. The monoisotopic (exact) mass is 595 g/mol. The van der Waals surface area contributed by atoms with E-state index in [1.807, 2.05) is 6.07 Å². The van der Waals surface area contributed by atoms with Gasteiger partial charge in [-0.3, -0.25) is 4.79 Å². The topological polar surface area (TPSA) is 100 Å². The van der Waals surface area contributed by atoms with Crippen LogP contribution in [-0.4, -0.2) is 31.5 Å². The number of carbonyl (C=O) groups is 1. The molecule has 0 atom stereocenters. The summed E-state index contributed by atoms with van der Waals surface area (Å²) in [5.41, 5.74) is 3.73. The fourth-order valence-electron chi connectivity index (χ4n) is 6.25. The molecule has 9 heteroatoms. The van der Waals surface area contributed by atoms with Crippen molar-refractivity contribution < 1.29 is 22.3 Å². The highest BCUT2D eigenvalue weighted by Gasteiger charge is 2.34. The van der Waals surface area contributed by atoms with Crippen LogP contribution in [0.25, 0.3) is 0 Å². The Labute approximate surface area is 248 Å². The number of fused-ring (bicyclic) bond motifs is 1. The van der Waals surface area contributed by atoms with Crippen molar-refractivity contribution in [2.24, 2.45) is 0 Å². The molecule has 1 spiro atoms. The first-order valence-corrected chi connectivity index (χ1v) is 16.8. The van der Waals surface area contributed by atoms with E-state index >= 15 is 0 Å². The van der Waals surface area contributed by atoms with Gasteiger partial charge in [-0.2, -0.15) is 0 Å². The van der Waals surface area contributed by atoms with Gasteiger partial charge in [0.2, 0.25) is 9.84 Å². The van der Waals surface area contributed by atoms with Gasteiger partial charge >= 0.3 is 0 Å². The summed E-state index contributed by atoms with van der Waals surface area (Å²) in [4.78, 5) is 16.4. The maximum atomic E-state index is 14.3. The zero-order valence-electron chi connectivity index (χ0n) is 24.4. The lowest BCUT2D eigenvalue weighted by Gasteiger charge is -2.39. The third-order valence-corrected chi connectivity index (χ3v) is 10.4. The largest absolute Gasteiger partial charge is 0.491 e. The number of ether oxygens (including phenoxy) is 1. The highest BCUT2D eigenvalue weighted by molar-refractivity contribution is 7.91. The van der Waals surface area contributed by atoms with Gasteiger partial charge in [-0.1, -0.05) is 63.5 Å². The average Bonchev–Trinajstić information content (AvgIpc) is 3.39. The van der Waals surface area contributed by atoms with Crippen molar-refractivity contribution in [3.05, 3.63) is 76.9 Å². The van der Waals surface area contributed by atoms with Gasteiger partial charge in [-0.15, -0.1) is 0 Å². The normalized spacial score (nSPS) is 17.7. The highest BCUT2D eigenvalue weighted by atomic mass is 32.2. The highest BCUT2D eigenvalue weighted by Crippen LogP contribution is 2.33. The minimum atomic E-state index is -3.90. The first kappa shape index (κ1) is 30.3. The zero-order valence-corrected chi connectivity index (χ0v) is 25.3. The van der Waals surface area contributed by atoms with E-state index in [-0.39, 0.29) is 40.1 Å². The van der Waals surface area contributed by atoms with Gasteiger partial charge in [0.25, 0.3) is 5.91 Å². The van der Waals surface area contributed by atoms with Crippen LogP contribution in [0.1, 0.15) is 98.4 Å². The molecular weight excluding hydrogens is 553 g/mol. The molecule has 42 heavy (non-hydrogen) atoms. The molecule has 1 amide bonds. The summed E-state index contributed by atoms with van der Waals surface area (Å²) in [5, 5.41) is 6.80. The molecule has 1 aromatic heterocycles. The van der Waals surface area contributed by atoms with Gasteiger partial charge in [0, 0.05) is 30.7 Å². The first-order valence-electron chi connectivity index (χ1n) is 15.3. The summed E-state index contributed by atoms with van der Waals surface area (Å²) in [5.74, 6) is -0.898. The third-order valence-electron chi connectivity index (χ3n) is 8.67. The number of rotatable bonds is 7. The number of hydrogen-bond acceptors (Lipinski definition) is 5. The number of aromatic nitrogens is 1. The third kappa shape index (κ3) is 7.06. The van der Waals surface area contributed by atoms with Crippen LogP contribution < -0.4 is 15.4 Å². The lowest BCUT2D eigenvalue weighted by Crippen LogP contribution is -2.49. The molecule has 0 radical (unpaired) electrons. The Morgan fingerprint density at radius 3 is 2.21 bits per heavy atom. The molecule has 1 saturated carbocycles. The van der Waals surface area contributed by atoms with Crippen molar-refractivity contribution in [2.75, 3.05) is 6.61 Å². The van der Waals surface area contributed by atoms with Crippen molar-refractivity contribution in [1.82, 2.24) is 15.6 Å². The Bertz CT molecular complexity index is 1470. The molecule has 1 fully saturated rings. The number of H-pyrrole nitrogens is 1. The van der Waals surface area contributed by atoms with Crippen molar-refractivity contribution in [3.8, 4) is 5.75 Å². The summed E-state index contributed by atoms with van der Waals surface area (Å²) >= 11 is 0.